The smallest absolute Gasteiger partial charge is 0.219 e. The van der Waals surface area contributed by atoms with E-state index in [2.05, 4.69) is 4.98 Å². The minimum Gasteiger partial charge on any atom is -0.508 e. The molecule has 1 heterocycles. The Balaban J connectivity index is 1.81. The number of ether oxygens (including phenoxy) is 2. The first kappa shape index (κ1) is 13.2. The lowest BCUT2D eigenvalue weighted by atomic mass is 10.1. The second kappa shape index (κ2) is 5.71. The van der Waals surface area contributed by atoms with Crippen molar-refractivity contribution >= 4 is 10.8 Å². The molecule has 0 aliphatic heterocycles. The normalized spacial score (nSPS) is 10.5. The van der Waals surface area contributed by atoms with Gasteiger partial charge in [-0.3, -0.25) is 0 Å². The summed E-state index contributed by atoms with van der Waals surface area (Å²) in [7, 11) is 1.59. The molecule has 4 nitrogen and oxygen atoms in total. The molecule has 1 aromatic heterocycles. The largest absolute Gasteiger partial charge is 0.508 e. The van der Waals surface area contributed by atoms with E-state index in [-0.39, 0.29) is 5.75 Å². The predicted octanol–water partition coefficient (Wildman–Crippen LogP) is 3.53. The highest BCUT2D eigenvalue weighted by molar-refractivity contribution is 5.85. The minimum atomic E-state index is 0.244. The predicted molar refractivity (Wildman–Crippen MR) is 80.7 cm³/mol. The van der Waals surface area contributed by atoms with Crippen LogP contribution >= 0.6 is 0 Å². The number of nitrogens with zero attached hydrogens (tertiary/aromatic N) is 1. The van der Waals surface area contributed by atoms with Gasteiger partial charge in [0.15, 0.2) is 0 Å². The molecule has 4 heteroatoms. The van der Waals surface area contributed by atoms with Gasteiger partial charge in [0.2, 0.25) is 5.88 Å². The Morgan fingerprint density at radius 1 is 1.05 bits per heavy atom. The zero-order valence-electron chi connectivity index (χ0n) is 11.6. The van der Waals surface area contributed by atoms with E-state index >= 15 is 0 Å². The van der Waals surface area contributed by atoms with Gasteiger partial charge in [-0.05, 0) is 47.2 Å². The highest BCUT2D eigenvalue weighted by Gasteiger charge is 2.05. The van der Waals surface area contributed by atoms with E-state index in [0.717, 1.165) is 22.1 Å². The Bertz CT molecular complexity index is 771. The molecular formula is C17H15NO3. The van der Waals surface area contributed by atoms with Crippen LogP contribution in [-0.2, 0) is 6.61 Å². The fraction of sp³-hybridized carbons (Fsp3) is 0.118. The third-order valence-corrected chi connectivity index (χ3v) is 3.23. The van der Waals surface area contributed by atoms with Gasteiger partial charge in [0.25, 0.3) is 0 Å². The van der Waals surface area contributed by atoms with Gasteiger partial charge < -0.3 is 14.6 Å². The van der Waals surface area contributed by atoms with Crippen molar-refractivity contribution < 1.29 is 14.6 Å². The maximum atomic E-state index is 9.53. The first-order valence-corrected chi connectivity index (χ1v) is 6.60. The molecule has 0 spiro atoms. The van der Waals surface area contributed by atoms with Crippen molar-refractivity contribution in [2.75, 3.05) is 7.11 Å². The summed E-state index contributed by atoms with van der Waals surface area (Å²) in [6, 6.07) is 14.8. The molecule has 0 radical (unpaired) electrons. The number of aromatic hydroxyl groups is 1. The maximum absolute atomic E-state index is 9.53. The van der Waals surface area contributed by atoms with Gasteiger partial charge in [0, 0.05) is 6.20 Å². The number of phenols is 1. The number of hydrogen-bond acceptors (Lipinski definition) is 4. The average Bonchev–Trinajstić information content (AvgIpc) is 2.52. The SMILES string of the molecule is COc1ncccc1COc1ccc2ccc(O)cc2c1. The Morgan fingerprint density at radius 2 is 1.90 bits per heavy atom. The molecule has 0 amide bonds. The zero-order chi connectivity index (χ0) is 14.7. The van der Waals surface area contributed by atoms with Crippen LogP contribution in [0.15, 0.2) is 54.7 Å². The van der Waals surface area contributed by atoms with Crippen molar-refractivity contribution in [2.24, 2.45) is 0 Å². The van der Waals surface area contributed by atoms with Crippen LogP contribution in [0.4, 0.5) is 0 Å². The van der Waals surface area contributed by atoms with Crippen LogP contribution in [0.25, 0.3) is 10.8 Å². The fourth-order valence-corrected chi connectivity index (χ4v) is 2.18. The summed E-state index contributed by atoms with van der Waals surface area (Å²) in [6.45, 7) is 0.376. The molecule has 0 aliphatic carbocycles. The van der Waals surface area contributed by atoms with Crippen LogP contribution in [0.1, 0.15) is 5.56 Å². The summed E-state index contributed by atoms with van der Waals surface area (Å²) in [4.78, 5) is 4.14. The highest BCUT2D eigenvalue weighted by Crippen LogP contribution is 2.25. The summed E-state index contributed by atoms with van der Waals surface area (Å²) in [5.41, 5.74) is 0.885. The number of phenolic OH excluding ortho intramolecular Hbond substituents is 1. The summed E-state index contributed by atoms with van der Waals surface area (Å²) in [5.74, 6) is 1.54. The molecule has 0 bridgehead atoms. The molecule has 0 fully saturated rings. The Labute approximate surface area is 122 Å². The Hall–Kier alpha value is -2.75. The quantitative estimate of drug-likeness (QED) is 0.795. The molecule has 3 aromatic rings. The lowest BCUT2D eigenvalue weighted by molar-refractivity contribution is 0.294. The van der Waals surface area contributed by atoms with Crippen LogP contribution in [-0.4, -0.2) is 17.2 Å². The van der Waals surface area contributed by atoms with Crippen LogP contribution < -0.4 is 9.47 Å². The van der Waals surface area contributed by atoms with Crippen LogP contribution in [0.5, 0.6) is 17.4 Å². The molecule has 0 atom stereocenters. The van der Waals surface area contributed by atoms with Gasteiger partial charge in [-0.15, -0.1) is 0 Å². The summed E-state index contributed by atoms with van der Waals surface area (Å²) in [6.07, 6.45) is 1.68. The molecule has 106 valence electrons. The molecule has 1 N–H and O–H groups in total. The van der Waals surface area contributed by atoms with Gasteiger partial charge in [0.1, 0.15) is 18.1 Å². The van der Waals surface area contributed by atoms with Crippen LogP contribution in [0.3, 0.4) is 0 Å². The molecule has 2 aromatic carbocycles. The van der Waals surface area contributed by atoms with E-state index in [4.69, 9.17) is 9.47 Å². The van der Waals surface area contributed by atoms with E-state index in [0.29, 0.717) is 12.5 Å². The standard InChI is InChI=1S/C17H15NO3/c1-20-17-13(3-2-8-18-17)11-21-16-7-5-12-4-6-15(19)9-14(12)10-16/h2-10,19H,11H2,1H3. The van der Waals surface area contributed by atoms with Crippen LogP contribution in [0.2, 0.25) is 0 Å². The van der Waals surface area contributed by atoms with Crippen molar-refractivity contribution in [1.29, 1.82) is 0 Å². The second-order valence-corrected chi connectivity index (χ2v) is 4.65. The zero-order valence-corrected chi connectivity index (χ0v) is 11.6. The molecule has 0 unspecified atom stereocenters. The second-order valence-electron chi connectivity index (χ2n) is 4.65. The molecule has 0 saturated heterocycles. The maximum Gasteiger partial charge on any atom is 0.219 e. The molecule has 21 heavy (non-hydrogen) atoms. The molecule has 0 saturated carbocycles. The van der Waals surface area contributed by atoms with E-state index in [1.165, 1.54) is 0 Å². The van der Waals surface area contributed by atoms with E-state index in [1.54, 1.807) is 25.4 Å². The Morgan fingerprint density at radius 3 is 2.76 bits per heavy atom. The monoisotopic (exact) mass is 281 g/mol. The molecular weight excluding hydrogens is 266 g/mol. The Kier molecular flexibility index (Phi) is 3.60. The van der Waals surface area contributed by atoms with Crippen molar-refractivity contribution in [3.63, 3.8) is 0 Å². The van der Waals surface area contributed by atoms with E-state index in [1.807, 2.05) is 36.4 Å². The fourth-order valence-electron chi connectivity index (χ4n) is 2.18. The number of pyridine rings is 1. The number of methoxy groups -OCH3 is 1. The van der Waals surface area contributed by atoms with Gasteiger partial charge in [-0.1, -0.05) is 12.1 Å². The average molecular weight is 281 g/mol. The number of rotatable bonds is 4. The first-order chi connectivity index (χ1) is 10.3. The third kappa shape index (κ3) is 2.89. The third-order valence-electron chi connectivity index (χ3n) is 3.23. The number of benzene rings is 2. The lowest BCUT2D eigenvalue weighted by Crippen LogP contribution is -2.00. The van der Waals surface area contributed by atoms with E-state index < -0.39 is 0 Å². The molecule has 0 aliphatic rings. The highest BCUT2D eigenvalue weighted by atomic mass is 16.5. The van der Waals surface area contributed by atoms with Gasteiger partial charge in [-0.2, -0.15) is 0 Å². The minimum absolute atomic E-state index is 0.244. The summed E-state index contributed by atoms with van der Waals surface area (Å²) < 4.78 is 11.0. The summed E-state index contributed by atoms with van der Waals surface area (Å²) in [5, 5.41) is 11.5. The van der Waals surface area contributed by atoms with Gasteiger partial charge in [0.05, 0.1) is 12.7 Å². The number of aromatic nitrogens is 1. The first-order valence-electron chi connectivity index (χ1n) is 6.60. The van der Waals surface area contributed by atoms with E-state index in [9.17, 15) is 5.11 Å². The van der Waals surface area contributed by atoms with Gasteiger partial charge >= 0.3 is 0 Å². The summed E-state index contributed by atoms with van der Waals surface area (Å²) >= 11 is 0. The van der Waals surface area contributed by atoms with Crippen molar-refractivity contribution in [3.05, 3.63) is 60.3 Å². The van der Waals surface area contributed by atoms with Crippen molar-refractivity contribution in [3.8, 4) is 17.4 Å². The molecule has 3 rings (SSSR count). The number of fused-ring (bicyclic) bond motifs is 1. The van der Waals surface area contributed by atoms with Crippen LogP contribution in [0, 0.1) is 0 Å². The van der Waals surface area contributed by atoms with Gasteiger partial charge in [-0.25, -0.2) is 4.98 Å². The topological polar surface area (TPSA) is 51.6 Å². The lowest BCUT2D eigenvalue weighted by Gasteiger charge is -2.10. The van der Waals surface area contributed by atoms with Crippen molar-refractivity contribution in [1.82, 2.24) is 4.98 Å². The van der Waals surface area contributed by atoms with Crippen molar-refractivity contribution in [2.45, 2.75) is 6.61 Å². The number of hydrogen-bond donors (Lipinski definition) is 1.